The van der Waals surface area contributed by atoms with E-state index in [-0.39, 0.29) is 0 Å². The predicted molar refractivity (Wildman–Crippen MR) is 93.8 cm³/mol. The summed E-state index contributed by atoms with van der Waals surface area (Å²) >= 11 is 3.57. The first-order valence-corrected chi connectivity index (χ1v) is 8.62. The third-order valence-electron chi connectivity index (χ3n) is 3.93. The molecule has 1 aromatic heterocycles. The van der Waals surface area contributed by atoms with Crippen LogP contribution in [0.15, 0.2) is 30.5 Å². The zero-order valence-corrected chi connectivity index (χ0v) is 14.6. The Labute approximate surface area is 135 Å². The smallest absolute Gasteiger partial charge is 0.136 e. The monoisotopic (exact) mass is 350 g/mol. The Morgan fingerprint density at radius 3 is 2.62 bits per heavy atom. The number of ether oxygens (including phenoxy) is 1. The zero-order valence-electron chi connectivity index (χ0n) is 13.0. The van der Waals surface area contributed by atoms with Crippen molar-refractivity contribution in [2.24, 2.45) is 0 Å². The largest absolute Gasteiger partial charge is 0.497 e. The lowest BCUT2D eigenvalue weighted by molar-refractivity contribution is 0.415. The van der Waals surface area contributed by atoms with Crippen molar-refractivity contribution in [3.63, 3.8) is 0 Å². The predicted octanol–water partition coefficient (Wildman–Crippen LogP) is 4.63. The maximum absolute atomic E-state index is 5.32. The maximum Gasteiger partial charge on any atom is 0.136 e. The molecule has 0 radical (unpaired) electrons. The van der Waals surface area contributed by atoms with Gasteiger partial charge in [0.2, 0.25) is 0 Å². The molecule has 3 nitrogen and oxygen atoms in total. The lowest BCUT2D eigenvalue weighted by Crippen LogP contribution is -2.36. The molecule has 2 aromatic rings. The number of pyridine rings is 1. The summed E-state index contributed by atoms with van der Waals surface area (Å²) in [6.45, 7) is 5.44. The second kappa shape index (κ2) is 7.64. The van der Waals surface area contributed by atoms with Gasteiger partial charge in [0.1, 0.15) is 11.6 Å². The summed E-state index contributed by atoms with van der Waals surface area (Å²) in [5, 5.41) is 3.30. The Morgan fingerprint density at radius 2 is 2.00 bits per heavy atom. The van der Waals surface area contributed by atoms with Crippen LogP contribution in [0.1, 0.15) is 26.7 Å². The van der Waals surface area contributed by atoms with Crippen LogP contribution in [0.3, 0.4) is 0 Å². The first-order chi connectivity index (χ1) is 10.2. The highest BCUT2D eigenvalue weighted by Gasteiger charge is 2.18. The first-order valence-electron chi connectivity index (χ1n) is 7.50. The molecular formula is C17H23BrN2O. The van der Waals surface area contributed by atoms with Crippen molar-refractivity contribution in [1.29, 1.82) is 0 Å². The molecule has 0 aliphatic heterocycles. The summed E-state index contributed by atoms with van der Waals surface area (Å²) in [6.07, 6.45) is 4.14. The van der Waals surface area contributed by atoms with Gasteiger partial charge >= 0.3 is 0 Å². The van der Waals surface area contributed by atoms with Crippen molar-refractivity contribution < 1.29 is 4.74 Å². The van der Waals surface area contributed by atoms with Crippen molar-refractivity contribution in [3.05, 3.63) is 30.5 Å². The molecule has 0 saturated carbocycles. The average Bonchev–Trinajstić information content (AvgIpc) is 2.54. The molecule has 0 saturated heterocycles. The van der Waals surface area contributed by atoms with Crippen molar-refractivity contribution in [2.45, 2.75) is 32.7 Å². The van der Waals surface area contributed by atoms with E-state index < -0.39 is 0 Å². The van der Waals surface area contributed by atoms with Crippen LogP contribution in [0, 0.1) is 0 Å². The van der Waals surface area contributed by atoms with Gasteiger partial charge in [-0.25, -0.2) is 4.98 Å². The summed E-state index contributed by atoms with van der Waals surface area (Å²) in [7, 11) is 1.70. The molecule has 0 amide bonds. The molecule has 1 aromatic carbocycles. The van der Waals surface area contributed by atoms with Gasteiger partial charge in [-0.05, 0) is 42.5 Å². The van der Waals surface area contributed by atoms with E-state index in [9.17, 15) is 0 Å². The van der Waals surface area contributed by atoms with E-state index in [4.69, 9.17) is 4.74 Å². The van der Waals surface area contributed by atoms with Crippen molar-refractivity contribution in [2.75, 3.05) is 23.9 Å². The van der Waals surface area contributed by atoms with Crippen molar-refractivity contribution in [3.8, 4) is 5.75 Å². The molecule has 0 N–H and O–H groups in total. The standard InChI is InChI=1S/C17H23BrN2O/c1-4-14(5-2)20(11-9-18)17-16-7-6-15(21-3)12-13(16)8-10-19-17/h6-8,10,12,14H,4-5,9,11H2,1-3H3. The summed E-state index contributed by atoms with van der Waals surface area (Å²) in [4.78, 5) is 7.08. The topological polar surface area (TPSA) is 25.4 Å². The third kappa shape index (κ3) is 3.49. The van der Waals surface area contributed by atoms with Crippen LogP contribution in [-0.2, 0) is 0 Å². The second-order valence-electron chi connectivity index (χ2n) is 5.07. The first kappa shape index (κ1) is 16.1. The molecule has 0 unspecified atom stereocenters. The molecule has 4 heteroatoms. The summed E-state index contributed by atoms with van der Waals surface area (Å²) in [5.41, 5.74) is 0. The number of hydrogen-bond donors (Lipinski definition) is 0. The van der Waals surface area contributed by atoms with Crippen molar-refractivity contribution >= 4 is 32.5 Å². The van der Waals surface area contributed by atoms with Crippen LogP contribution in [0.5, 0.6) is 5.75 Å². The van der Waals surface area contributed by atoms with Gasteiger partial charge in [-0.3, -0.25) is 0 Å². The number of alkyl halides is 1. The zero-order chi connectivity index (χ0) is 15.2. The molecule has 2 rings (SSSR count). The summed E-state index contributed by atoms with van der Waals surface area (Å²) in [6, 6.07) is 8.75. The molecule has 0 bridgehead atoms. The van der Waals surface area contributed by atoms with Gasteiger partial charge in [0.05, 0.1) is 7.11 Å². The van der Waals surface area contributed by atoms with Crippen LogP contribution in [0.4, 0.5) is 5.82 Å². The molecule has 0 aliphatic carbocycles. The molecule has 21 heavy (non-hydrogen) atoms. The van der Waals surface area contributed by atoms with Gasteiger partial charge in [-0.1, -0.05) is 29.8 Å². The number of hydrogen-bond acceptors (Lipinski definition) is 3. The van der Waals surface area contributed by atoms with E-state index in [1.165, 1.54) is 10.8 Å². The number of anilines is 1. The van der Waals surface area contributed by atoms with Gasteiger partial charge in [-0.15, -0.1) is 0 Å². The maximum atomic E-state index is 5.32. The van der Waals surface area contributed by atoms with E-state index in [0.29, 0.717) is 6.04 Å². The fourth-order valence-electron chi connectivity index (χ4n) is 2.78. The van der Waals surface area contributed by atoms with Gasteiger partial charge in [-0.2, -0.15) is 0 Å². The van der Waals surface area contributed by atoms with Gasteiger partial charge < -0.3 is 9.64 Å². The minimum atomic E-state index is 0.516. The minimum absolute atomic E-state index is 0.516. The molecule has 0 aliphatic rings. The van der Waals surface area contributed by atoms with Crippen LogP contribution in [-0.4, -0.2) is 30.0 Å². The SMILES string of the molecule is CCC(CC)N(CCBr)c1nccc2cc(OC)ccc12. The van der Waals surface area contributed by atoms with Crippen molar-refractivity contribution in [1.82, 2.24) is 4.98 Å². The fraction of sp³-hybridized carbons (Fsp3) is 0.471. The number of rotatable bonds is 7. The van der Waals surface area contributed by atoms with Crippen LogP contribution in [0.25, 0.3) is 10.8 Å². The number of nitrogens with zero attached hydrogens (tertiary/aromatic N) is 2. The van der Waals surface area contributed by atoms with E-state index in [1.807, 2.05) is 18.3 Å². The van der Waals surface area contributed by atoms with Crippen LogP contribution in [0.2, 0.25) is 0 Å². The van der Waals surface area contributed by atoms with E-state index in [2.05, 4.69) is 51.8 Å². The van der Waals surface area contributed by atoms with Crippen LogP contribution >= 0.6 is 15.9 Å². The second-order valence-corrected chi connectivity index (χ2v) is 5.87. The van der Waals surface area contributed by atoms with Gasteiger partial charge in [0.25, 0.3) is 0 Å². The van der Waals surface area contributed by atoms with Gasteiger partial charge in [0, 0.05) is 29.5 Å². The third-order valence-corrected chi connectivity index (χ3v) is 4.29. The Kier molecular flexibility index (Phi) is 5.85. The molecular weight excluding hydrogens is 328 g/mol. The number of halogens is 1. The highest BCUT2D eigenvalue weighted by atomic mass is 79.9. The Balaban J connectivity index is 2.51. The van der Waals surface area contributed by atoms with Crippen LogP contribution < -0.4 is 9.64 Å². The molecule has 0 atom stereocenters. The number of aromatic nitrogens is 1. The van der Waals surface area contributed by atoms with E-state index >= 15 is 0 Å². The highest BCUT2D eigenvalue weighted by Crippen LogP contribution is 2.29. The molecule has 1 heterocycles. The Bertz CT molecular complexity index is 584. The molecule has 114 valence electrons. The number of fused-ring (bicyclic) bond motifs is 1. The average molecular weight is 351 g/mol. The lowest BCUT2D eigenvalue weighted by Gasteiger charge is -2.32. The minimum Gasteiger partial charge on any atom is -0.497 e. The summed E-state index contributed by atoms with van der Waals surface area (Å²) in [5.74, 6) is 1.96. The Hall–Kier alpha value is -1.29. The van der Waals surface area contributed by atoms with Gasteiger partial charge in [0.15, 0.2) is 0 Å². The highest BCUT2D eigenvalue weighted by molar-refractivity contribution is 9.09. The van der Waals surface area contributed by atoms with E-state index in [1.54, 1.807) is 7.11 Å². The summed E-state index contributed by atoms with van der Waals surface area (Å²) < 4.78 is 5.32. The number of methoxy groups -OCH3 is 1. The normalized spacial score (nSPS) is 11.1. The van der Waals surface area contributed by atoms with E-state index in [0.717, 1.165) is 36.3 Å². The molecule has 0 spiro atoms. The number of benzene rings is 1. The Morgan fingerprint density at radius 1 is 1.24 bits per heavy atom. The quantitative estimate of drug-likeness (QED) is 0.680. The fourth-order valence-corrected chi connectivity index (χ4v) is 3.16. The molecule has 0 fully saturated rings. The lowest BCUT2D eigenvalue weighted by atomic mass is 10.1.